The molecule has 112 valence electrons. The lowest BCUT2D eigenvalue weighted by molar-refractivity contribution is -0.113. The third-order valence-corrected chi connectivity index (χ3v) is 4.70. The SMILES string of the molecule is CCCc1nnc(NC(=O)CSc2nnnn2C2CC2)s1. The van der Waals surface area contributed by atoms with Crippen LogP contribution in [0.5, 0.6) is 0 Å². The second kappa shape index (κ2) is 6.48. The molecule has 10 heteroatoms. The van der Waals surface area contributed by atoms with Gasteiger partial charge in [0.05, 0.1) is 11.8 Å². The van der Waals surface area contributed by atoms with Crippen molar-refractivity contribution < 1.29 is 4.79 Å². The molecule has 0 saturated heterocycles. The maximum atomic E-state index is 11.9. The average molecular weight is 325 g/mol. The first-order valence-electron chi connectivity index (χ1n) is 6.79. The van der Waals surface area contributed by atoms with E-state index >= 15 is 0 Å². The summed E-state index contributed by atoms with van der Waals surface area (Å²) in [4.78, 5) is 11.9. The molecule has 2 aromatic rings. The maximum Gasteiger partial charge on any atom is 0.236 e. The van der Waals surface area contributed by atoms with Gasteiger partial charge < -0.3 is 0 Å². The van der Waals surface area contributed by atoms with Crippen LogP contribution in [0.2, 0.25) is 0 Å². The van der Waals surface area contributed by atoms with Crippen molar-refractivity contribution in [3.8, 4) is 0 Å². The van der Waals surface area contributed by atoms with Crippen molar-refractivity contribution in [1.29, 1.82) is 0 Å². The van der Waals surface area contributed by atoms with Crippen molar-refractivity contribution in [2.75, 3.05) is 11.1 Å². The summed E-state index contributed by atoms with van der Waals surface area (Å²) in [6.45, 7) is 2.08. The Labute approximate surface area is 129 Å². The highest BCUT2D eigenvalue weighted by molar-refractivity contribution is 7.99. The van der Waals surface area contributed by atoms with Crippen LogP contribution in [0.15, 0.2) is 5.16 Å². The maximum absolute atomic E-state index is 11.9. The molecule has 1 aliphatic rings. The van der Waals surface area contributed by atoms with Gasteiger partial charge in [-0.25, -0.2) is 4.68 Å². The summed E-state index contributed by atoms with van der Waals surface area (Å²) in [7, 11) is 0. The molecular weight excluding hydrogens is 310 g/mol. The number of hydrogen-bond donors (Lipinski definition) is 1. The number of carbonyl (C=O) groups excluding carboxylic acids is 1. The molecular formula is C11H15N7OS2. The number of tetrazole rings is 1. The lowest BCUT2D eigenvalue weighted by Crippen LogP contribution is -2.14. The van der Waals surface area contributed by atoms with Crippen LogP contribution in [-0.2, 0) is 11.2 Å². The van der Waals surface area contributed by atoms with Crippen molar-refractivity contribution in [1.82, 2.24) is 30.4 Å². The Bertz CT molecular complexity index is 622. The normalized spacial score (nSPS) is 14.3. The number of aryl methyl sites for hydroxylation is 1. The molecule has 0 aromatic carbocycles. The smallest absolute Gasteiger partial charge is 0.236 e. The third kappa shape index (κ3) is 3.76. The first-order valence-corrected chi connectivity index (χ1v) is 8.59. The third-order valence-electron chi connectivity index (χ3n) is 2.86. The zero-order valence-corrected chi connectivity index (χ0v) is 13.2. The molecule has 0 radical (unpaired) electrons. The van der Waals surface area contributed by atoms with E-state index in [0.717, 1.165) is 30.7 Å². The van der Waals surface area contributed by atoms with Crippen molar-refractivity contribution in [2.24, 2.45) is 0 Å². The Morgan fingerprint density at radius 2 is 2.29 bits per heavy atom. The fourth-order valence-electron chi connectivity index (χ4n) is 1.73. The molecule has 8 nitrogen and oxygen atoms in total. The lowest BCUT2D eigenvalue weighted by Gasteiger charge is -2.02. The van der Waals surface area contributed by atoms with E-state index in [2.05, 4.69) is 38.0 Å². The molecule has 0 aliphatic heterocycles. The van der Waals surface area contributed by atoms with Gasteiger partial charge in [0.2, 0.25) is 16.2 Å². The minimum Gasteiger partial charge on any atom is -0.300 e. The lowest BCUT2D eigenvalue weighted by atomic mass is 10.4. The predicted octanol–water partition coefficient (Wildman–Crippen LogP) is 1.54. The minimum atomic E-state index is -0.121. The zero-order valence-electron chi connectivity index (χ0n) is 11.5. The number of nitrogens with zero attached hydrogens (tertiary/aromatic N) is 6. The summed E-state index contributed by atoms with van der Waals surface area (Å²) in [5.41, 5.74) is 0. The monoisotopic (exact) mass is 325 g/mol. The van der Waals surface area contributed by atoms with E-state index in [9.17, 15) is 4.79 Å². The van der Waals surface area contributed by atoms with E-state index in [-0.39, 0.29) is 11.7 Å². The number of aromatic nitrogens is 6. The molecule has 0 spiro atoms. The van der Waals surface area contributed by atoms with Crippen molar-refractivity contribution in [2.45, 2.75) is 43.8 Å². The Morgan fingerprint density at radius 1 is 1.43 bits per heavy atom. The number of carbonyl (C=O) groups is 1. The van der Waals surface area contributed by atoms with E-state index in [4.69, 9.17) is 0 Å². The van der Waals surface area contributed by atoms with Gasteiger partial charge in [0.15, 0.2) is 0 Å². The van der Waals surface area contributed by atoms with Crippen molar-refractivity contribution in [3.05, 3.63) is 5.01 Å². The van der Waals surface area contributed by atoms with Crippen LogP contribution in [0.25, 0.3) is 0 Å². The second-order valence-corrected chi connectivity index (χ2v) is 6.73. The van der Waals surface area contributed by atoms with Gasteiger partial charge in [-0.15, -0.1) is 15.3 Å². The van der Waals surface area contributed by atoms with E-state index in [1.54, 1.807) is 4.68 Å². The Morgan fingerprint density at radius 3 is 3.05 bits per heavy atom. The molecule has 0 unspecified atom stereocenters. The van der Waals surface area contributed by atoms with Gasteiger partial charge >= 0.3 is 0 Å². The van der Waals surface area contributed by atoms with Crippen molar-refractivity contribution >= 4 is 34.1 Å². The Balaban J connectivity index is 1.50. The van der Waals surface area contributed by atoms with Crippen LogP contribution < -0.4 is 5.32 Å². The molecule has 1 amide bonds. The molecule has 21 heavy (non-hydrogen) atoms. The van der Waals surface area contributed by atoms with Gasteiger partial charge in [-0.1, -0.05) is 30.0 Å². The Hall–Kier alpha value is -1.55. The van der Waals surface area contributed by atoms with Crippen LogP contribution >= 0.6 is 23.1 Å². The van der Waals surface area contributed by atoms with Gasteiger partial charge in [0, 0.05) is 6.42 Å². The first kappa shape index (κ1) is 14.4. The highest BCUT2D eigenvalue weighted by Crippen LogP contribution is 2.36. The molecule has 3 rings (SSSR count). The fourth-order valence-corrected chi connectivity index (χ4v) is 3.34. The standard InChI is InChI=1S/C11H15N7OS2/c1-2-3-9-13-14-10(21-9)12-8(19)6-20-11-15-16-17-18(11)7-4-5-7/h7H,2-6H2,1H3,(H,12,14,19). The number of anilines is 1. The molecule has 2 aromatic heterocycles. The fraction of sp³-hybridized carbons (Fsp3) is 0.636. The summed E-state index contributed by atoms with van der Waals surface area (Å²) < 4.78 is 1.79. The molecule has 0 bridgehead atoms. The number of nitrogens with one attached hydrogen (secondary N) is 1. The van der Waals surface area contributed by atoms with Gasteiger partial charge in [-0.3, -0.25) is 10.1 Å². The quantitative estimate of drug-likeness (QED) is 0.771. The predicted molar refractivity (Wildman–Crippen MR) is 79.3 cm³/mol. The topological polar surface area (TPSA) is 98.5 Å². The first-order chi connectivity index (χ1) is 10.3. The summed E-state index contributed by atoms with van der Waals surface area (Å²) in [5, 5.41) is 24.5. The van der Waals surface area contributed by atoms with Crippen LogP contribution in [0.4, 0.5) is 5.13 Å². The van der Waals surface area contributed by atoms with Crippen LogP contribution in [-0.4, -0.2) is 42.1 Å². The van der Waals surface area contributed by atoms with E-state index in [1.165, 1.54) is 23.1 Å². The highest BCUT2D eigenvalue weighted by Gasteiger charge is 2.28. The molecule has 0 atom stereocenters. The van der Waals surface area contributed by atoms with Gasteiger partial charge in [-0.05, 0) is 29.7 Å². The van der Waals surface area contributed by atoms with Crippen LogP contribution in [0, 0.1) is 0 Å². The molecule has 1 fully saturated rings. The largest absolute Gasteiger partial charge is 0.300 e. The molecule has 2 heterocycles. The number of hydrogen-bond acceptors (Lipinski definition) is 8. The summed E-state index contributed by atoms with van der Waals surface area (Å²) in [6.07, 6.45) is 4.12. The zero-order chi connectivity index (χ0) is 14.7. The summed E-state index contributed by atoms with van der Waals surface area (Å²) >= 11 is 2.76. The highest BCUT2D eigenvalue weighted by atomic mass is 32.2. The Kier molecular flexibility index (Phi) is 4.44. The average Bonchev–Trinajstić information content (AvgIpc) is 3.04. The number of rotatable bonds is 7. The molecule has 1 saturated carbocycles. The summed E-state index contributed by atoms with van der Waals surface area (Å²) in [5.74, 6) is 0.139. The van der Waals surface area contributed by atoms with E-state index in [1.807, 2.05) is 0 Å². The van der Waals surface area contributed by atoms with Gasteiger partial charge in [0.1, 0.15) is 5.01 Å². The van der Waals surface area contributed by atoms with E-state index < -0.39 is 0 Å². The van der Waals surface area contributed by atoms with Crippen LogP contribution in [0.1, 0.15) is 37.2 Å². The number of thioether (sulfide) groups is 1. The minimum absolute atomic E-state index is 0.121. The second-order valence-electron chi connectivity index (χ2n) is 4.73. The molecule has 1 aliphatic carbocycles. The van der Waals surface area contributed by atoms with Gasteiger partial charge in [0.25, 0.3) is 0 Å². The molecule has 1 N–H and O–H groups in total. The summed E-state index contributed by atoms with van der Waals surface area (Å²) in [6, 6.07) is 0.408. The van der Waals surface area contributed by atoms with Gasteiger partial charge in [-0.2, -0.15) is 0 Å². The van der Waals surface area contributed by atoms with E-state index in [0.29, 0.717) is 16.3 Å². The van der Waals surface area contributed by atoms with Crippen LogP contribution in [0.3, 0.4) is 0 Å². The number of amides is 1. The van der Waals surface area contributed by atoms with Crippen molar-refractivity contribution in [3.63, 3.8) is 0 Å².